The smallest absolute Gasteiger partial charge is 0.0866 e. The summed E-state index contributed by atoms with van der Waals surface area (Å²) < 4.78 is 1.77. The largest absolute Gasteiger partial charge is 0.390 e. The maximum absolute atomic E-state index is 8.96. The van der Waals surface area contributed by atoms with Gasteiger partial charge in [0, 0.05) is 6.04 Å². The van der Waals surface area contributed by atoms with Gasteiger partial charge in [-0.25, -0.2) is 9.52 Å². The van der Waals surface area contributed by atoms with E-state index in [1.807, 2.05) is 0 Å². The van der Waals surface area contributed by atoms with E-state index in [9.17, 15) is 0 Å². The molecule has 0 aromatic carbocycles. The normalized spacial score (nSPS) is 27.2. The van der Waals surface area contributed by atoms with Crippen molar-refractivity contribution in [2.45, 2.75) is 31.5 Å². The standard InChI is InChI=1S/C7H11ClN4O/c8-10-5-1-6(2-5)12-7(4-13)3-9-11-12/h3,5-6,10,13H,1-2,4H2. The Bertz CT molecular complexity index is 284. The summed E-state index contributed by atoms with van der Waals surface area (Å²) in [5.41, 5.74) is 0.762. The third kappa shape index (κ3) is 1.54. The lowest BCUT2D eigenvalue weighted by atomic mass is 9.87. The van der Waals surface area contributed by atoms with Crippen LogP contribution in [-0.2, 0) is 6.61 Å². The van der Waals surface area contributed by atoms with E-state index >= 15 is 0 Å². The SMILES string of the molecule is OCc1cnnn1C1CC(NCl)C1. The molecule has 1 saturated carbocycles. The van der Waals surface area contributed by atoms with Gasteiger partial charge in [0.2, 0.25) is 0 Å². The van der Waals surface area contributed by atoms with E-state index in [1.165, 1.54) is 0 Å². The zero-order valence-electron chi connectivity index (χ0n) is 7.02. The Balaban J connectivity index is 2.02. The van der Waals surface area contributed by atoms with E-state index in [0.29, 0.717) is 12.1 Å². The van der Waals surface area contributed by atoms with E-state index in [-0.39, 0.29) is 6.61 Å². The van der Waals surface area contributed by atoms with Crippen molar-refractivity contribution in [3.8, 4) is 0 Å². The van der Waals surface area contributed by atoms with E-state index < -0.39 is 0 Å². The van der Waals surface area contributed by atoms with Crippen molar-refractivity contribution in [3.05, 3.63) is 11.9 Å². The fraction of sp³-hybridized carbons (Fsp3) is 0.714. The molecule has 2 N–H and O–H groups in total. The van der Waals surface area contributed by atoms with Crippen molar-refractivity contribution in [1.29, 1.82) is 0 Å². The van der Waals surface area contributed by atoms with E-state index in [1.54, 1.807) is 10.9 Å². The molecule has 1 aromatic heterocycles. The second-order valence-electron chi connectivity index (χ2n) is 3.26. The zero-order valence-corrected chi connectivity index (χ0v) is 7.78. The lowest BCUT2D eigenvalue weighted by molar-refractivity contribution is 0.204. The average Bonchev–Trinajstić information content (AvgIpc) is 2.50. The van der Waals surface area contributed by atoms with Gasteiger partial charge in [-0.3, -0.25) is 0 Å². The molecular weight excluding hydrogens is 192 g/mol. The van der Waals surface area contributed by atoms with Crippen LogP contribution >= 0.6 is 11.8 Å². The summed E-state index contributed by atoms with van der Waals surface area (Å²) in [6, 6.07) is 0.698. The number of nitrogens with one attached hydrogen (secondary N) is 1. The van der Waals surface area contributed by atoms with Gasteiger partial charge >= 0.3 is 0 Å². The van der Waals surface area contributed by atoms with Crippen molar-refractivity contribution < 1.29 is 5.11 Å². The van der Waals surface area contributed by atoms with Crippen LogP contribution in [0, 0.1) is 0 Å². The molecular formula is C7H11ClN4O. The molecule has 0 atom stereocenters. The maximum Gasteiger partial charge on any atom is 0.0866 e. The van der Waals surface area contributed by atoms with Crippen molar-refractivity contribution in [3.63, 3.8) is 0 Å². The van der Waals surface area contributed by atoms with Crippen LogP contribution in [0.4, 0.5) is 0 Å². The van der Waals surface area contributed by atoms with Gasteiger partial charge in [-0.15, -0.1) is 5.10 Å². The zero-order chi connectivity index (χ0) is 9.26. The molecule has 0 bridgehead atoms. The highest BCUT2D eigenvalue weighted by Gasteiger charge is 2.31. The number of hydrogen-bond acceptors (Lipinski definition) is 4. The predicted molar refractivity (Wildman–Crippen MR) is 47.0 cm³/mol. The van der Waals surface area contributed by atoms with Crippen LogP contribution in [0.3, 0.4) is 0 Å². The van der Waals surface area contributed by atoms with Crippen LogP contribution in [-0.4, -0.2) is 26.1 Å². The number of aromatic nitrogens is 3. The first-order chi connectivity index (χ1) is 6.35. The minimum atomic E-state index is -0.0114. The number of halogens is 1. The maximum atomic E-state index is 8.96. The highest BCUT2D eigenvalue weighted by Crippen LogP contribution is 2.32. The lowest BCUT2D eigenvalue weighted by Gasteiger charge is -2.34. The van der Waals surface area contributed by atoms with Gasteiger partial charge in [0.15, 0.2) is 0 Å². The molecule has 13 heavy (non-hydrogen) atoms. The minimum Gasteiger partial charge on any atom is -0.390 e. The predicted octanol–water partition coefficient (Wildman–Crippen LogP) is 0.217. The second kappa shape index (κ2) is 3.61. The van der Waals surface area contributed by atoms with Gasteiger partial charge in [0.1, 0.15) is 0 Å². The molecule has 5 nitrogen and oxygen atoms in total. The van der Waals surface area contributed by atoms with Crippen LogP contribution in [0.1, 0.15) is 24.6 Å². The molecule has 2 rings (SSSR count). The fourth-order valence-corrected chi connectivity index (χ4v) is 1.74. The lowest BCUT2D eigenvalue weighted by Crippen LogP contribution is -2.38. The number of hydrogen-bond donors (Lipinski definition) is 2. The summed E-state index contributed by atoms with van der Waals surface area (Å²) in [7, 11) is 0. The molecule has 0 radical (unpaired) electrons. The van der Waals surface area contributed by atoms with Crippen molar-refractivity contribution in [2.24, 2.45) is 0 Å². The first-order valence-corrected chi connectivity index (χ1v) is 4.59. The quantitative estimate of drug-likeness (QED) is 0.689. The van der Waals surface area contributed by atoms with Crippen LogP contribution < -0.4 is 4.84 Å². The summed E-state index contributed by atoms with van der Waals surface area (Å²) >= 11 is 5.46. The number of aliphatic hydroxyl groups is 1. The highest BCUT2D eigenvalue weighted by molar-refractivity contribution is 6.13. The van der Waals surface area contributed by atoms with Crippen LogP contribution in [0.15, 0.2) is 6.20 Å². The van der Waals surface area contributed by atoms with Gasteiger partial charge in [-0.05, 0) is 24.6 Å². The molecule has 1 fully saturated rings. The van der Waals surface area contributed by atoms with Gasteiger partial charge in [-0.1, -0.05) is 5.21 Å². The Kier molecular flexibility index (Phi) is 2.48. The minimum absolute atomic E-state index is 0.0114. The molecule has 1 aliphatic rings. The number of rotatable bonds is 3. The molecule has 0 spiro atoms. The Labute approximate surface area is 80.8 Å². The average molecular weight is 203 g/mol. The highest BCUT2D eigenvalue weighted by atomic mass is 35.5. The molecule has 1 aromatic rings. The van der Waals surface area contributed by atoms with Gasteiger partial charge in [0.25, 0.3) is 0 Å². The monoisotopic (exact) mass is 202 g/mol. The number of aliphatic hydroxyl groups excluding tert-OH is 1. The van der Waals surface area contributed by atoms with Crippen LogP contribution in [0.5, 0.6) is 0 Å². The van der Waals surface area contributed by atoms with E-state index in [4.69, 9.17) is 16.9 Å². The molecule has 72 valence electrons. The molecule has 6 heteroatoms. The summed E-state index contributed by atoms with van der Waals surface area (Å²) in [5.74, 6) is 0. The van der Waals surface area contributed by atoms with Gasteiger partial charge in [0.05, 0.1) is 24.5 Å². The third-order valence-electron chi connectivity index (χ3n) is 2.42. The molecule has 1 heterocycles. The second-order valence-corrected chi connectivity index (χ2v) is 3.48. The molecule has 0 unspecified atom stereocenters. The Morgan fingerprint density at radius 1 is 1.69 bits per heavy atom. The van der Waals surface area contributed by atoms with Gasteiger partial charge in [-0.2, -0.15) is 0 Å². The summed E-state index contributed by atoms with van der Waals surface area (Å²) in [4.78, 5) is 2.68. The van der Waals surface area contributed by atoms with Crippen LogP contribution in [0.2, 0.25) is 0 Å². The summed E-state index contributed by atoms with van der Waals surface area (Å²) in [5, 5.41) is 16.6. The summed E-state index contributed by atoms with van der Waals surface area (Å²) in [6.45, 7) is -0.0114. The fourth-order valence-electron chi connectivity index (χ4n) is 1.56. The van der Waals surface area contributed by atoms with Crippen molar-refractivity contribution >= 4 is 11.8 Å². The molecule has 0 amide bonds. The van der Waals surface area contributed by atoms with Crippen molar-refractivity contribution in [2.75, 3.05) is 0 Å². The summed E-state index contributed by atoms with van der Waals surface area (Å²) in [6.07, 6.45) is 3.47. The number of nitrogens with zero attached hydrogens (tertiary/aromatic N) is 3. The molecule has 1 aliphatic carbocycles. The Hall–Kier alpha value is -0.650. The molecule has 0 saturated heterocycles. The Morgan fingerprint density at radius 2 is 2.46 bits per heavy atom. The first-order valence-electron chi connectivity index (χ1n) is 4.21. The first kappa shape index (κ1) is 8.93. The van der Waals surface area contributed by atoms with E-state index in [0.717, 1.165) is 18.5 Å². The Morgan fingerprint density at radius 3 is 3.08 bits per heavy atom. The molecule has 0 aliphatic heterocycles. The topological polar surface area (TPSA) is 63.0 Å². The van der Waals surface area contributed by atoms with E-state index in [2.05, 4.69) is 15.1 Å². The third-order valence-corrected chi connectivity index (χ3v) is 2.73. The van der Waals surface area contributed by atoms with Crippen LogP contribution in [0.25, 0.3) is 0 Å². The van der Waals surface area contributed by atoms with Gasteiger partial charge < -0.3 is 5.11 Å². The van der Waals surface area contributed by atoms with Crippen molar-refractivity contribution in [1.82, 2.24) is 19.8 Å².